The molecule has 152 valence electrons. The molecule has 1 amide bonds. The summed E-state index contributed by atoms with van der Waals surface area (Å²) in [4.78, 5) is 19.3. The number of carbonyl (C=O) groups excluding carboxylic acids is 1. The van der Waals surface area contributed by atoms with Crippen LogP contribution in [0.5, 0.6) is 0 Å². The molecular weight excluding hydrogens is 370 g/mol. The second-order valence-electron chi connectivity index (χ2n) is 7.23. The Hall–Kier alpha value is -2.74. The van der Waals surface area contributed by atoms with Crippen molar-refractivity contribution in [1.82, 2.24) is 14.5 Å². The van der Waals surface area contributed by atoms with Gasteiger partial charge in [-0.05, 0) is 24.3 Å². The van der Waals surface area contributed by atoms with Crippen LogP contribution in [-0.4, -0.2) is 69.1 Å². The number of amides is 1. The van der Waals surface area contributed by atoms with Crippen molar-refractivity contribution >= 4 is 16.9 Å². The molecule has 2 atom stereocenters. The number of aliphatic hydroxyl groups is 2. The van der Waals surface area contributed by atoms with Crippen molar-refractivity contribution in [3.05, 3.63) is 60.4 Å². The predicted molar refractivity (Wildman–Crippen MR) is 109 cm³/mol. The maximum atomic E-state index is 12.8. The summed E-state index contributed by atoms with van der Waals surface area (Å²) in [7, 11) is 0. The highest BCUT2D eigenvalue weighted by molar-refractivity contribution is 5.79. The first-order valence-electron chi connectivity index (χ1n) is 9.86. The number of fused-ring (bicyclic) bond motifs is 1. The van der Waals surface area contributed by atoms with Crippen molar-refractivity contribution in [1.29, 1.82) is 0 Å². The lowest BCUT2D eigenvalue weighted by atomic mass is 10.1. The van der Waals surface area contributed by atoms with Gasteiger partial charge in [0.05, 0.1) is 36.5 Å². The van der Waals surface area contributed by atoms with Crippen LogP contribution in [0.4, 0.5) is 0 Å². The number of morpholine rings is 1. The van der Waals surface area contributed by atoms with Crippen LogP contribution >= 0.6 is 0 Å². The molecule has 1 aliphatic rings. The number of para-hydroxylation sites is 3. The number of hydrogen-bond acceptors (Lipinski definition) is 5. The molecule has 0 radical (unpaired) electrons. The third-order valence-electron chi connectivity index (χ3n) is 5.20. The van der Waals surface area contributed by atoms with Gasteiger partial charge in [0, 0.05) is 31.6 Å². The van der Waals surface area contributed by atoms with Gasteiger partial charge in [-0.15, -0.1) is 0 Å². The summed E-state index contributed by atoms with van der Waals surface area (Å²) < 4.78 is 7.63. The number of aromatic nitrogens is 2. The van der Waals surface area contributed by atoms with Gasteiger partial charge < -0.3 is 19.8 Å². The number of aliphatic hydroxyl groups excluding tert-OH is 2. The van der Waals surface area contributed by atoms with E-state index in [2.05, 4.69) is 4.57 Å². The minimum atomic E-state index is -0.459. The molecule has 2 heterocycles. The lowest BCUT2D eigenvalue weighted by molar-refractivity contribution is -0.152. The molecule has 0 saturated carbocycles. The molecule has 1 fully saturated rings. The molecule has 4 rings (SSSR count). The van der Waals surface area contributed by atoms with Crippen LogP contribution in [0.1, 0.15) is 12.2 Å². The lowest BCUT2D eigenvalue weighted by Gasteiger charge is -2.36. The van der Waals surface area contributed by atoms with Gasteiger partial charge >= 0.3 is 0 Å². The van der Waals surface area contributed by atoms with E-state index in [4.69, 9.17) is 9.72 Å². The van der Waals surface area contributed by atoms with Crippen molar-refractivity contribution < 1.29 is 19.7 Å². The van der Waals surface area contributed by atoms with Gasteiger partial charge in [0.1, 0.15) is 5.82 Å². The van der Waals surface area contributed by atoms with E-state index in [-0.39, 0.29) is 19.1 Å². The molecule has 0 bridgehead atoms. The molecule has 0 spiro atoms. The molecular formula is C22H25N3O4. The second kappa shape index (κ2) is 8.73. The number of ether oxygens (including phenoxy) is 1. The standard InChI is InChI=1S/C22H25N3O4/c26-14-17-12-24(13-18(15-27)29-17)22(28)11-10-21-23-19-8-4-5-9-20(19)25(21)16-6-2-1-3-7-16/h1-9,17-18,26-27H,10-15H2/t17-,18-/m0/s1. The van der Waals surface area contributed by atoms with Gasteiger partial charge in [0.25, 0.3) is 0 Å². The highest BCUT2D eigenvalue weighted by Gasteiger charge is 2.29. The fourth-order valence-corrected chi connectivity index (χ4v) is 3.82. The second-order valence-corrected chi connectivity index (χ2v) is 7.23. The molecule has 2 N–H and O–H groups in total. The van der Waals surface area contributed by atoms with Crippen molar-refractivity contribution in [2.24, 2.45) is 0 Å². The van der Waals surface area contributed by atoms with E-state index >= 15 is 0 Å². The Morgan fingerprint density at radius 1 is 1.00 bits per heavy atom. The smallest absolute Gasteiger partial charge is 0.223 e. The number of hydrogen-bond donors (Lipinski definition) is 2. The maximum absolute atomic E-state index is 12.8. The molecule has 7 heteroatoms. The summed E-state index contributed by atoms with van der Waals surface area (Å²) in [5, 5.41) is 18.8. The van der Waals surface area contributed by atoms with E-state index in [1.54, 1.807) is 4.90 Å². The zero-order valence-electron chi connectivity index (χ0n) is 16.1. The van der Waals surface area contributed by atoms with Crippen LogP contribution in [0.25, 0.3) is 16.7 Å². The van der Waals surface area contributed by atoms with E-state index in [1.165, 1.54) is 0 Å². The molecule has 0 aliphatic carbocycles. The van der Waals surface area contributed by atoms with Crippen LogP contribution < -0.4 is 0 Å². The van der Waals surface area contributed by atoms with E-state index in [0.29, 0.717) is 25.9 Å². The normalized spacial score (nSPS) is 19.6. The SMILES string of the molecule is O=C(CCc1nc2ccccc2n1-c1ccccc1)N1C[C@@H](CO)O[C@H](CO)C1. The van der Waals surface area contributed by atoms with E-state index < -0.39 is 12.2 Å². The summed E-state index contributed by atoms with van der Waals surface area (Å²) >= 11 is 0. The zero-order valence-corrected chi connectivity index (χ0v) is 16.1. The third kappa shape index (κ3) is 4.17. The van der Waals surface area contributed by atoms with Crippen LogP contribution in [0.3, 0.4) is 0 Å². The molecule has 1 aliphatic heterocycles. The summed E-state index contributed by atoms with van der Waals surface area (Å²) in [5.74, 6) is 0.799. The maximum Gasteiger partial charge on any atom is 0.223 e. The minimum Gasteiger partial charge on any atom is -0.394 e. The Kier molecular flexibility index (Phi) is 5.89. The average Bonchev–Trinajstić information content (AvgIpc) is 3.16. The molecule has 29 heavy (non-hydrogen) atoms. The largest absolute Gasteiger partial charge is 0.394 e. The summed E-state index contributed by atoms with van der Waals surface area (Å²) in [6.45, 7) is 0.316. The van der Waals surface area contributed by atoms with Crippen LogP contribution in [0.2, 0.25) is 0 Å². The number of benzene rings is 2. The topological polar surface area (TPSA) is 87.8 Å². The Morgan fingerprint density at radius 3 is 2.34 bits per heavy atom. The molecule has 2 aromatic carbocycles. The third-order valence-corrected chi connectivity index (χ3v) is 5.20. The number of nitrogens with zero attached hydrogens (tertiary/aromatic N) is 3. The van der Waals surface area contributed by atoms with E-state index in [9.17, 15) is 15.0 Å². The Balaban J connectivity index is 1.55. The van der Waals surface area contributed by atoms with Gasteiger partial charge in [0.2, 0.25) is 5.91 Å². The Bertz CT molecular complexity index is 961. The number of carbonyl (C=O) groups is 1. The fourth-order valence-electron chi connectivity index (χ4n) is 3.82. The van der Waals surface area contributed by atoms with Gasteiger partial charge in [-0.2, -0.15) is 0 Å². The van der Waals surface area contributed by atoms with Crippen molar-refractivity contribution in [3.8, 4) is 5.69 Å². The first-order valence-corrected chi connectivity index (χ1v) is 9.86. The quantitative estimate of drug-likeness (QED) is 0.661. The number of imidazole rings is 1. The minimum absolute atomic E-state index is 0.0307. The van der Waals surface area contributed by atoms with Crippen molar-refractivity contribution in [2.45, 2.75) is 25.0 Å². The first-order chi connectivity index (χ1) is 14.2. The number of rotatable bonds is 6. The lowest BCUT2D eigenvalue weighted by Crippen LogP contribution is -2.52. The number of aryl methyl sites for hydroxylation is 1. The van der Waals surface area contributed by atoms with E-state index in [1.807, 2.05) is 54.6 Å². The molecule has 1 aromatic heterocycles. The summed E-state index contributed by atoms with van der Waals surface area (Å²) in [6.07, 6.45) is -0.128. The highest BCUT2D eigenvalue weighted by Crippen LogP contribution is 2.23. The Labute approximate surface area is 169 Å². The molecule has 1 saturated heterocycles. The van der Waals surface area contributed by atoms with E-state index in [0.717, 1.165) is 22.5 Å². The Morgan fingerprint density at radius 2 is 1.66 bits per heavy atom. The van der Waals surface area contributed by atoms with Crippen LogP contribution in [-0.2, 0) is 16.0 Å². The van der Waals surface area contributed by atoms with Crippen molar-refractivity contribution in [3.63, 3.8) is 0 Å². The van der Waals surface area contributed by atoms with Gasteiger partial charge in [0.15, 0.2) is 0 Å². The average molecular weight is 395 g/mol. The predicted octanol–water partition coefficient (Wildman–Crippen LogP) is 1.54. The van der Waals surface area contributed by atoms with Gasteiger partial charge in [-0.1, -0.05) is 30.3 Å². The molecule has 0 unspecified atom stereocenters. The van der Waals surface area contributed by atoms with Gasteiger partial charge in [-0.3, -0.25) is 9.36 Å². The summed E-state index contributed by atoms with van der Waals surface area (Å²) in [6, 6.07) is 17.9. The van der Waals surface area contributed by atoms with Crippen LogP contribution in [0.15, 0.2) is 54.6 Å². The fraction of sp³-hybridized carbons (Fsp3) is 0.364. The first kappa shape index (κ1) is 19.6. The van der Waals surface area contributed by atoms with Crippen LogP contribution in [0, 0.1) is 0 Å². The molecule has 7 nitrogen and oxygen atoms in total. The van der Waals surface area contributed by atoms with Gasteiger partial charge in [-0.25, -0.2) is 4.98 Å². The van der Waals surface area contributed by atoms with Crippen molar-refractivity contribution in [2.75, 3.05) is 26.3 Å². The molecule has 3 aromatic rings. The zero-order chi connectivity index (χ0) is 20.2. The monoisotopic (exact) mass is 395 g/mol. The highest BCUT2D eigenvalue weighted by atomic mass is 16.5. The summed E-state index contributed by atoms with van der Waals surface area (Å²) in [5.41, 5.74) is 2.91.